The maximum absolute atomic E-state index is 13.2. The predicted octanol–water partition coefficient (Wildman–Crippen LogP) is 4.09. The average molecular weight is 249 g/mol. The third-order valence-corrected chi connectivity index (χ3v) is 2.81. The summed E-state index contributed by atoms with van der Waals surface area (Å²) in [6.45, 7) is 4.10. The Morgan fingerprint density at radius 2 is 2.08 bits per heavy atom. The summed E-state index contributed by atoms with van der Waals surface area (Å²) < 4.78 is 13.9. The van der Waals surface area contributed by atoms with E-state index in [2.05, 4.69) is 15.9 Å². The molecule has 0 fully saturated rings. The maximum Gasteiger partial charge on any atom is 0.137 e. The molecule has 0 N–H and O–H groups in total. The van der Waals surface area contributed by atoms with E-state index in [4.69, 9.17) is 0 Å². The number of rotatable bonds is 2. The van der Waals surface area contributed by atoms with Crippen LogP contribution >= 0.6 is 27.7 Å². The molecule has 0 unspecified atom stereocenters. The van der Waals surface area contributed by atoms with Crippen LogP contribution in [-0.4, -0.2) is 5.25 Å². The molecule has 0 radical (unpaired) electrons. The molecular formula is C9H10BrFS. The first-order valence-corrected chi connectivity index (χ1v) is 5.38. The zero-order valence-corrected chi connectivity index (χ0v) is 9.38. The zero-order valence-electron chi connectivity index (χ0n) is 6.97. The highest BCUT2D eigenvalue weighted by atomic mass is 79.9. The quantitative estimate of drug-likeness (QED) is 0.711. The highest BCUT2D eigenvalue weighted by Gasteiger charge is 2.04. The minimum Gasteiger partial charge on any atom is -0.206 e. The van der Waals surface area contributed by atoms with E-state index in [1.807, 2.05) is 19.9 Å². The second kappa shape index (κ2) is 4.28. The summed E-state index contributed by atoms with van der Waals surface area (Å²) in [5.74, 6) is -0.150. The Hall–Kier alpha value is -0.0200. The highest BCUT2D eigenvalue weighted by Crippen LogP contribution is 2.27. The van der Waals surface area contributed by atoms with Crippen molar-refractivity contribution in [1.29, 1.82) is 0 Å². The molecule has 0 aliphatic rings. The van der Waals surface area contributed by atoms with Gasteiger partial charge in [-0.15, -0.1) is 11.8 Å². The molecule has 0 atom stereocenters. The van der Waals surface area contributed by atoms with E-state index in [-0.39, 0.29) is 5.82 Å². The lowest BCUT2D eigenvalue weighted by Crippen LogP contribution is -1.88. The molecule has 0 aliphatic carbocycles. The van der Waals surface area contributed by atoms with Crippen LogP contribution in [-0.2, 0) is 0 Å². The smallest absolute Gasteiger partial charge is 0.137 e. The summed E-state index contributed by atoms with van der Waals surface area (Å²) in [6, 6.07) is 5.14. The van der Waals surface area contributed by atoms with E-state index in [0.717, 1.165) is 4.47 Å². The summed E-state index contributed by atoms with van der Waals surface area (Å²) in [7, 11) is 0. The number of thioether (sulfide) groups is 1. The van der Waals surface area contributed by atoms with Gasteiger partial charge in [0.15, 0.2) is 0 Å². The third-order valence-electron chi connectivity index (χ3n) is 1.26. The van der Waals surface area contributed by atoms with E-state index < -0.39 is 0 Å². The van der Waals surface area contributed by atoms with Crippen molar-refractivity contribution in [1.82, 2.24) is 0 Å². The van der Waals surface area contributed by atoms with E-state index in [0.29, 0.717) is 10.1 Å². The van der Waals surface area contributed by atoms with Gasteiger partial charge in [-0.2, -0.15) is 0 Å². The first kappa shape index (κ1) is 10.1. The van der Waals surface area contributed by atoms with Crippen LogP contribution in [0.1, 0.15) is 13.8 Å². The molecule has 1 aromatic carbocycles. The minimum absolute atomic E-state index is 0.150. The van der Waals surface area contributed by atoms with Crippen LogP contribution in [0.4, 0.5) is 4.39 Å². The molecule has 1 rings (SSSR count). The lowest BCUT2D eigenvalue weighted by atomic mass is 10.3. The average Bonchev–Trinajstić information content (AvgIpc) is 1.94. The largest absolute Gasteiger partial charge is 0.206 e. The molecule has 0 spiro atoms. The van der Waals surface area contributed by atoms with Gasteiger partial charge in [-0.25, -0.2) is 4.39 Å². The Labute approximate surface area is 84.7 Å². The van der Waals surface area contributed by atoms with E-state index in [1.54, 1.807) is 6.07 Å². The molecule has 0 amide bonds. The molecule has 0 nitrogen and oxygen atoms in total. The van der Waals surface area contributed by atoms with Gasteiger partial charge in [-0.05, 0) is 18.2 Å². The molecule has 0 aliphatic heterocycles. The van der Waals surface area contributed by atoms with Crippen molar-refractivity contribution in [2.75, 3.05) is 0 Å². The lowest BCUT2D eigenvalue weighted by Gasteiger charge is -2.05. The van der Waals surface area contributed by atoms with E-state index in [1.165, 1.54) is 17.8 Å². The van der Waals surface area contributed by atoms with Gasteiger partial charge in [0, 0.05) is 14.6 Å². The first-order chi connectivity index (χ1) is 5.59. The molecular weight excluding hydrogens is 239 g/mol. The highest BCUT2D eigenvalue weighted by molar-refractivity contribution is 9.10. The van der Waals surface area contributed by atoms with Crippen molar-refractivity contribution in [3.05, 3.63) is 28.5 Å². The number of halogens is 2. The van der Waals surface area contributed by atoms with Crippen LogP contribution in [0, 0.1) is 5.82 Å². The predicted molar refractivity (Wildman–Crippen MR) is 55.1 cm³/mol. The fourth-order valence-corrected chi connectivity index (χ4v) is 1.98. The molecule has 1 aromatic rings. The summed E-state index contributed by atoms with van der Waals surface area (Å²) >= 11 is 4.75. The Morgan fingerprint density at radius 3 is 2.58 bits per heavy atom. The van der Waals surface area contributed by atoms with Crippen molar-refractivity contribution >= 4 is 27.7 Å². The van der Waals surface area contributed by atoms with Crippen LogP contribution in [0.2, 0.25) is 0 Å². The van der Waals surface area contributed by atoms with Crippen LogP contribution in [0.25, 0.3) is 0 Å². The SMILES string of the molecule is CC(C)Sc1ccc(Br)cc1F. The van der Waals surface area contributed by atoms with Crippen molar-refractivity contribution in [3.63, 3.8) is 0 Å². The van der Waals surface area contributed by atoms with Gasteiger partial charge >= 0.3 is 0 Å². The fraction of sp³-hybridized carbons (Fsp3) is 0.333. The Balaban J connectivity index is 2.86. The molecule has 0 heterocycles. The molecule has 0 bridgehead atoms. The van der Waals surface area contributed by atoms with Gasteiger partial charge < -0.3 is 0 Å². The normalized spacial score (nSPS) is 10.8. The van der Waals surface area contributed by atoms with Crippen LogP contribution in [0.3, 0.4) is 0 Å². The van der Waals surface area contributed by atoms with Gasteiger partial charge in [0.05, 0.1) is 0 Å². The zero-order chi connectivity index (χ0) is 9.14. The minimum atomic E-state index is -0.150. The van der Waals surface area contributed by atoms with Crippen LogP contribution in [0.5, 0.6) is 0 Å². The molecule has 12 heavy (non-hydrogen) atoms. The van der Waals surface area contributed by atoms with Crippen molar-refractivity contribution in [2.24, 2.45) is 0 Å². The number of hydrogen-bond acceptors (Lipinski definition) is 1. The summed E-state index contributed by atoms with van der Waals surface area (Å²) in [5.41, 5.74) is 0. The molecule has 0 saturated carbocycles. The second-order valence-corrected chi connectivity index (χ2v) is 5.28. The van der Waals surface area contributed by atoms with Crippen molar-refractivity contribution in [2.45, 2.75) is 24.0 Å². The molecule has 3 heteroatoms. The lowest BCUT2D eigenvalue weighted by molar-refractivity contribution is 0.600. The Morgan fingerprint density at radius 1 is 1.42 bits per heavy atom. The van der Waals surface area contributed by atoms with Gasteiger partial charge in [0.2, 0.25) is 0 Å². The van der Waals surface area contributed by atoms with Gasteiger partial charge in [0.1, 0.15) is 5.82 Å². The second-order valence-electron chi connectivity index (χ2n) is 2.74. The van der Waals surface area contributed by atoms with E-state index in [9.17, 15) is 4.39 Å². The topological polar surface area (TPSA) is 0 Å². The summed E-state index contributed by atoms with van der Waals surface area (Å²) in [5, 5.41) is 0.417. The molecule has 0 aromatic heterocycles. The van der Waals surface area contributed by atoms with Gasteiger partial charge in [-0.1, -0.05) is 29.8 Å². The fourth-order valence-electron chi connectivity index (χ4n) is 0.825. The number of hydrogen-bond donors (Lipinski definition) is 0. The Bertz CT molecular complexity index is 273. The number of benzene rings is 1. The van der Waals surface area contributed by atoms with Crippen molar-refractivity contribution < 1.29 is 4.39 Å². The monoisotopic (exact) mass is 248 g/mol. The Kier molecular flexibility index (Phi) is 3.59. The van der Waals surface area contributed by atoms with Crippen LogP contribution in [0.15, 0.2) is 27.6 Å². The van der Waals surface area contributed by atoms with Gasteiger partial charge in [-0.3, -0.25) is 0 Å². The van der Waals surface area contributed by atoms with Crippen LogP contribution < -0.4 is 0 Å². The standard InChI is InChI=1S/C9H10BrFS/c1-6(2)12-9-4-3-7(10)5-8(9)11/h3-6H,1-2H3. The summed E-state index contributed by atoms with van der Waals surface area (Å²) in [6.07, 6.45) is 0. The summed E-state index contributed by atoms with van der Waals surface area (Å²) in [4.78, 5) is 0.716. The maximum atomic E-state index is 13.2. The third kappa shape index (κ3) is 2.79. The van der Waals surface area contributed by atoms with Crippen molar-refractivity contribution in [3.8, 4) is 0 Å². The molecule has 66 valence electrons. The van der Waals surface area contributed by atoms with Gasteiger partial charge in [0.25, 0.3) is 0 Å². The molecule has 0 saturated heterocycles. The first-order valence-electron chi connectivity index (χ1n) is 3.71. The van der Waals surface area contributed by atoms with E-state index >= 15 is 0 Å².